The second-order valence-corrected chi connectivity index (χ2v) is 4.92. The summed E-state index contributed by atoms with van der Waals surface area (Å²) in [7, 11) is 0. The van der Waals surface area contributed by atoms with Crippen LogP contribution < -0.4 is 5.32 Å². The molecule has 0 aliphatic heterocycles. The first kappa shape index (κ1) is 14.5. The van der Waals surface area contributed by atoms with E-state index in [1.807, 2.05) is 37.3 Å². The molecule has 0 aliphatic rings. The molecule has 102 valence electrons. The molecule has 0 bridgehead atoms. The Balaban J connectivity index is 2.10. The van der Waals surface area contributed by atoms with Crippen molar-refractivity contribution in [1.29, 1.82) is 5.26 Å². The van der Waals surface area contributed by atoms with Gasteiger partial charge >= 0.3 is 0 Å². The Labute approximate surface area is 122 Å². The van der Waals surface area contributed by atoms with Crippen LogP contribution in [0.15, 0.2) is 42.5 Å². The van der Waals surface area contributed by atoms with Crippen LogP contribution in [-0.2, 0) is 6.54 Å². The van der Waals surface area contributed by atoms with Crippen LogP contribution in [0.1, 0.15) is 29.7 Å². The molecule has 1 atom stereocenters. The third-order valence-electron chi connectivity index (χ3n) is 3.17. The van der Waals surface area contributed by atoms with Crippen molar-refractivity contribution < 1.29 is 4.39 Å². The minimum atomic E-state index is -0.464. The van der Waals surface area contributed by atoms with Gasteiger partial charge in [-0.15, -0.1) is 0 Å². The van der Waals surface area contributed by atoms with Crippen molar-refractivity contribution in [1.82, 2.24) is 5.32 Å². The van der Waals surface area contributed by atoms with Crippen LogP contribution in [0.2, 0.25) is 5.02 Å². The lowest BCUT2D eigenvalue weighted by Crippen LogP contribution is -2.19. The van der Waals surface area contributed by atoms with Crippen LogP contribution >= 0.6 is 11.6 Å². The maximum atomic E-state index is 13.9. The predicted octanol–water partition coefficient (Wildman–Crippen LogP) is 4.20. The number of hydrogen-bond acceptors (Lipinski definition) is 2. The molecule has 0 saturated heterocycles. The maximum absolute atomic E-state index is 13.9. The number of benzene rings is 2. The van der Waals surface area contributed by atoms with E-state index in [4.69, 9.17) is 16.9 Å². The Kier molecular flexibility index (Phi) is 4.73. The van der Waals surface area contributed by atoms with Gasteiger partial charge in [0.25, 0.3) is 0 Å². The second kappa shape index (κ2) is 6.51. The summed E-state index contributed by atoms with van der Waals surface area (Å²) < 4.78 is 13.9. The van der Waals surface area contributed by atoms with Crippen LogP contribution in [0.3, 0.4) is 0 Å². The smallest absolute Gasteiger partial charge is 0.145 e. The van der Waals surface area contributed by atoms with Gasteiger partial charge in [-0.05, 0) is 24.6 Å². The van der Waals surface area contributed by atoms with E-state index in [0.717, 1.165) is 5.56 Å². The van der Waals surface area contributed by atoms with Crippen LogP contribution in [-0.4, -0.2) is 0 Å². The number of hydrogen-bond donors (Lipinski definition) is 1. The third kappa shape index (κ3) is 3.16. The SMILES string of the molecule is C[C@H](NCc1cccc(C#N)c1F)c1ccccc1Cl. The first-order valence-electron chi connectivity index (χ1n) is 6.28. The molecule has 0 unspecified atom stereocenters. The minimum absolute atomic E-state index is 0.00570. The fourth-order valence-corrected chi connectivity index (χ4v) is 2.30. The van der Waals surface area contributed by atoms with E-state index in [1.165, 1.54) is 6.07 Å². The maximum Gasteiger partial charge on any atom is 0.145 e. The molecule has 0 saturated carbocycles. The summed E-state index contributed by atoms with van der Waals surface area (Å²) in [5.41, 5.74) is 1.50. The van der Waals surface area contributed by atoms with Crippen molar-refractivity contribution in [3.05, 3.63) is 70.0 Å². The topological polar surface area (TPSA) is 35.8 Å². The molecule has 1 N–H and O–H groups in total. The predicted molar refractivity (Wildman–Crippen MR) is 77.8 cm³/mol. The molecule has 20 heavy (non-hydrogen) atoms. The Bertz CT molecular complexity index is 649. The van der Waals surface area contributed by atoms with E-state index in [9.17, 15) is 4.39 Å². The van der Waals surface area contributed by atoms with E-state index in [2.05, 4.69) is 5.32 Å². The summed E-state index contributed by atoms with van der Waals surface area (Å²) >= 11 is 6.12. The van der Waals surface area contributed by atoms with Crippen LogP contribution in [0.4, 0.5) is 4.39 Å². The third-order valence-corrected chi connectivity index (χ3v) is 3.51. The van der Waals surface area contributed by atoms with Crippen LogP contribution in [0, 0.1) is 17.1 Å². The summed E-state index contributed by atoms with van der Waals surface area (Å²) in [6, 6.07) is 14.2. The minimum Gasteiger partial charge on any atom is -0.306 e. The summed E-state index contributed by atoms with van der Waals surface area (Å²) in [5.74, 6) is -0.464. The van der Waals surface area contributed by atoms with Crippen LogP contribution in [0.5, 0.6) is 0 Å². The molecular formula is C16H14ClFN2. The summed E-state index contributed by atoms with van der Waals surface area (Å²) in [6.45, 7) is 2.31. The highest BCUT2D eigenvalue weighted by atomic mass is 35.5. The second-order valence-electron chi connectivity index (χ2n) is 4.51. The summed E-state index contributed by atoms with van der Waals surface area (Å²) in [4.78, 5) is 0. The zero-order valence-electron chi connectivity index (χ0n) is 11.0. The van der Waals surface area contributed by atoms with E-state index in [0.29, 0.717) is 17.1 Å². The van der Waals surface area contributed by atoms with Crippen molar-refractivity contribution in [3.63, 3.8) is 0 Å². The molecule has 0 aliphatic carbocycles. The molecule has 0 heterocycles. The van der Waals surface area contributed by atoms with Gasteiger partial charge in [0.05, 0.1) is 5.56 Å². The van der Waals surface area contributed by atoms with Crippen molar-refractivity contribution in [2.75, 3.05) is 0 Å². The highest BCUT2D eigenvalue weighted by molar-refractivity contribution is 6.31. The number of nitriles is 1. The van der Waals surface area contributed by atoms with E-state index in [-0.39, 0.29) is 11.6 Å². The number of nitrogens with one attached hydrogen (secondary N) is 1. The molecule has 0 radical (unpaired) electrons. The van der Waals surface area contributed by atoms with Gasteiger partial charge in [-0.1, -0.05) is 41.9 Å². The highest BCUT2D eigenvalue weighted by Crippen LogP contribution is 2.22. The molecule has 0 amide bonds. The molecule has 2 nitrogen and oxygen atoms in total. The molecule has 2 rings (SSSR count). The first-order chi connectivity index (χ1) is 9.63. The molecule has 2 aromatic carbocycles. The largest absolute Gasteiger partial charge is 0.306 e. The standard InChI is InChI=1S/C16H14ClFN2/c1-11(14-7-2-3-8-15(14)17)20-10-13-6-4-5-12(9-19)16(13)18/h2-8,11,20H,10H2,1H3/t11-/m0/s1. The van der Waals surface area contributed by atoms with E-state index >= 15 is 0 Å². The van der Waals surface area contributed by atoms with Gasteiger partial charge < -0.3 is 5.32 Å². The monoisotopic (exact) mass is 288 g/mol. The molecule has 2 aromatic rings. The van der Waals surface area contributed by atoms with Crippen molar-refractivity contribution in [2.24, 2.45) is 0 Å². The van der Waals surface area contributed by atoms with Gasteiger partial charge in [0.1, 0.15) is 11.9 Å². The molecule has 4 heteroatoms. The van der Waals surface area contributed by atoms with Gasteiger partial charge in [0.2, 0.25) is 0 Å². The lowest BCUT2D eigenvalue weighted by Gasteiger charge is -2.16. The van der Waals surface area contributed by atoms with Gasteiger partial charge in [-0.25, -0.2) is 4.39 Å². The van der Waals surface area contributed by atoms with Gasteiger partial charge in [-0.2, -0.15) is 5.26 Å². The number of rotatable bonds is 4. The zero-order chi connectivity index (χ0) is 14.5. The van der Waals surface area contributed by atoms with E-state index in [1.54, 1.807) is 12.1 Å². The molecule has 0 spiro atoms. The lowest BCUT2D eigenvalue weighted by molar-refractivity contribution is 0.543. The van der Waals surface area contributed by atoms with Crippen molar-refractivity contribution in [2.45, 2.75) is 19.5 Å². The summed E-state index contributed by atoms with van der Waals surface area (Å²) in [6.07, 6.45) is 0. The van der Waals surface area contributed by atoms with E-state index < -0.39 is 5.82 Å². The molecular weight excluding hydrogens is 275 g/mol. The Morgan fingerprint density at radius 1 is 1.25 bits per heavy atom. The Morgan fingerprint density at radius 3 is 2.70 bits per heavy atom. The van der Waals surface area contributed by atoms with Gasteiger partial charge in [0.15, 0.2) is 0 Å². The average Bonchev–Trinajstić information content (AvgIpc) is 2.46. The quantitative estimate of drug-likeness (QED) is 0.915. The fraction of sp³-hybridized carbons (Fsp3) is 0.188. The van der Waals surface area contributed by atoms with Crippen LogP contribution in [0.25, 0.3) is 0 Å². The normalized spacial score (nSPS) is 11.9. The number of nitrogens with zero attached hydrogens (tertiary/aromatic N) is 1. The Morgan fingerprint density at radius 2 is 2.00 bits per heavy atom. The zero-order valence-corrected chi connectivity index (χ0v) is 11.8. The Hall–Kier alpha value is -1.89. The summed E-state index contributed by atoms with van der Waals surface area (Å²) in [5, 5.41) is 12.7. The fourth-order valence-electron chi connectivity index (χ4n) is 2.00. The van der Waals surface area contributed by atoms with Crippen molar-refractivity contribution >= 4 is 11.6 Å². The molecule has 0 fully saturated rings. The van der Waals surface area contributed by atoms with Crippen molar-refractivity contribution in [3.8, 4) is 6.07 Å². The molecule has 0 aromatic heterocycles. The lowest BCUT2D eigenvalue weighted by atomic mass is 10.1. The average molecular weight is 289 g/mol. The number of halogens is 2. The van der Waals surface area contributed by atoms with Gasteiger partial charge in [-0.3, -0.25) is 0 Å². The van der Waals surface area contributed by atoms with Gasteiger partial charge in [0, 0.05) is 23.2 Å². The highest BCUT2D eigenvalue weighted by Gasteiger charge is 2.11. The first-order valence-corrected chi connectivity index (χ1v) is 6.66.